The van der Waals surface area contributed by atoms with Gasteiger partial charge in [0.2, 0.25) is 10.0 Å². The van der Waals surface area contributed by atoms with Gasteiger partial charge in [-0.25, -0.2) is 8.42 Å². The number of rotatable bonds is 5. The molecule has 0 N–H and O–H groups in total. The van der Waals surface area contributed by atoms with Crippen LogP contribution in [0.3, 0.4) is 0 Å². The van der Waals surface area contributed by atoms with Gasteiger partial charge < -0.3 is 0 Å². The number of thioether (sulfide) groups is 1. The molecule has 1 saturated heterocycles. The molecule has 6 nitrogen and oxygen atoms in total. The molecule has 138 valence electrons. The molecule has 2 aliphatic rings. The minimum Gasteiger partial charge on any atom is -0.258 e. The summed E-state index contributed by atoms with van der Waals surface area (Å²) in [5.41, 5.74) is -0.0941. The third-order valence-corrected chi connectivity index (χ3v) is 8.40. The lowest BCUT2D eigenvalue weighted by molar-refractivity contribution is -0.388. The third-order valence-electron chi connectivity index (χ3n) is 5.10. The van der Waals surface area contributed by atoms with Crippen molar-refractivity contribution in [3.63, 3.8) is 0 Å². The van der Waals surface area contributed by atoms with Crippen LogP contribution in [0.25, 0.3) is 0 Å². The molecule has 0 bridgehead atoms. The SMILES string of the molecule is CC1CCN(S(=O)(=O)c2ccc(SC3CCCC3)c([N+](=O)[O-])c2)CC1. The molecule has 0 amide bonds. The van der Waals surface area contributed by atoms with Crippen molar-refractivity contribution < 1.29 is 13.3 Å². The van der Waals surface area contributed by atoms with E-state index in [0.29, 0.717) is 29.2 Å². The number of nitrogens with zero attached hydrogens (tertiary/aromatic N) is 2. The van der Waals surface area contributed by atoms with Gasteiger partial charge in [0.25, 0.3) is 5.69 Å². The number of piperidine rings is 1. The van der Waals surface area contributed by atoms with Crippen molar-refractivity contribution in [2.45, 2.75) is 60.5 Å². The number of benzene rings is 1. The van der Waals surface area contributed by atoms with E-state index in [1.807, 2.05) is 0 Å². The van der Waals surface area contributed by atoms with Crippen LogP contribution in [0.15, 0.2) is 28.0 Å². The van der Waals surface area contributed by atoms with Gasteiger partial charge in [0.1, 0.15) is 0 Å². The summed E-state index contributed by atoms with van der Waals surface area (Å²) < 4.78 is 27.1. The van der Waals surface area contributed by atoms with E-state index in [9.17, 15) is 18.5 Å². The minimum absolute atomic E-state index is 0.0320. The molecule has 1 saturated carbocycles. The summed E-state index contributed by atoms with van der Waals surface area (Å²) in [7, 11) is -3.67. The molecular formula is C17H24N2O4S2. The van der Waals surface area contributed by atoms with Crippen LogP contribution in [0, 0.1) is 16.0 Å². The highest BCUT2D eigenvalue weighted by Gasteiger charge is 2.30. The molecule has 0 spiro atoms. The number of nitro benzene ring substituents is 1. The van der Waals surface area contributed by atoms with Gasteiger partial charge in [0.15, 0.2) is 0 Å². The maximum absolute atomic E-state index is 12.8. The Labute approximate surface area is 153 Å². The third kappa shape index (κ3) is 4.17. The van der Waals surface area contributed by atoms with Crippen LogP contribution in [0.4, 0.5) is 5.69 Å². The first-order valence-electron chi connectivity index (χ1n) is 8.83. The quantitative estimate of drug-likeness (QED) is 0.565. The summed E-state index contributed by atoms with van der Waals surface area (Å²) in [5, 5.41) is 11.9. The Bertz CT molecular complexity index is 737. The predicted octanol–water partition coefficient (Wildman–Crippen LogP) is 4.05. The van der Waals surface area contributed by atoms with E-state index in [1.165, 1.54) is 28.2 Å². The Kier molecular flexibility index (Phi) is 5.70. The first-order valence-corrected chi connectivity index (χ1v) is 11.1. The normalized spacial score (nSPS) is 20.8. The molecule has 0 unspecified atom stereocenters. The fourth-order valence-electron chi connectivity index (χ4n) is 3.46. The Morgan fingerprint density at radius 1 is 1.16 bits per heavy atom. The van der Waals surface area contributed by atoms with Gasteiger partial charge in [-0.2, -0.15) is 4.31 Å². The highest BCUT2D eigenvalue weighted by Crippen LogP contribution is 2.40. The van der Waals surface area contributed by atoms with Gasteiger partial charge >= 0.3 is 0 Å². The molecule has 2 fully saturated rings. The summed E-state index contributed by atoms with van der Waals surface area (Å²) in [6, 6.07) is 4.38. The van der Waals surface area contributed by atoms with Crippen LogP contribution in [-0.2, 0) is 10.0 Å². The Morgan fingerprint density at radius 3 is 2.40 bits per heavy atom. The predicted molar refractivity (Wildman–Crippen MR) is 98.4 cm³/mol. The molecular weight excluding hydrogens is 360 g/mol. The van der Waals surface area contributed by atoms with E-state index in [0.717, 1.165) is 38.5 Å². The van der Waals surface area contributed by atoms with Gasteiger partial charge in [0, 0.05) is 24.4 Å². The average molecular weight is 385 g/mol. The highest BCUT2D eigenvalue weighted by atomic mass is 32.2. The maximum Gasteiger partial charge on any atom is 0.284 e. The largest absolute Gasteiger partial charge is 0.284 e. The number of hydrogen-bond donors (Lipinski definition) is 0. The second-order valence-electron chi connectivity index (χ2n) is 7.00. The number of nitro groups is 1. The van der Waals surface area contributed by atoms with Gasteiger partial charge in [-0.15, -0.1) is 11.8 Å². The highest BCUT2D eigenvalue weighted by molar-refractivity contribution is 8.00. The minimum atomic E-state index is -3.67. The average Bonchev–Trinajstić information content (AvgIpc) is 3.08. The van der Waals surface area contributed by atoms with Crippen molar-refractivity contribution >= 4 is 27.5 Å². The molecule has 0 aromatic heterocycles. The van der Waals surface area contributed by atoms with Crippen molar-refractivity contribution in [1.82, 2.24) is 4.31 Å². The van der Waals surface area contributed by atoms with Gasteiger partial charge in [0.05, 0.1) is 14.7 Å². The fraction of sp³-hybridized carbons (Fsp3) is 0.647. The zero-order chi connectivity index (χ0) is 18.0. The lowest BCUT2D eigenvalue weighted by Crippen LogP contribution is -2.37. The van der Waals surface area contributed by atoms with Crippen molar-refractivity contribution in [2.24, 2.45) is 5.92 Å². The molecule has 1 aromatic carbocycles. The summed E-state index contributed by atoms with van der Waals surface area (Å²) in [4.78, 5) is 11.6. The standard InChI is InChI=1S/C17H24N2O4S2/c1-13-8-10-18(11-9-13)25(22,23)15-6-7-17(16(12-15)19(20)21)24-14-4-2-3-5-14/h6-7,12-14H,2-5,8-11H2,1H3. The Balaban J connectivity index is 1.86. The monoisotopic (exact) mass is 384 g/mol. The molecule has 1 aliphatic heterocycles. The second-order valence-corrected chi connectivity index (χ2v) is 10.3. The van der Waals surface area contributed by atoms with E-state index < -0.39 is 14.9 Å². The molecule has 25 heavy (non-hydrogen) atoms. The molecule has 1 aliphatic carbocycles. The molecule has 8 heteroatoms. The second kappa shape index (κ2) is 7.63. The van der Waals surface area contributed by atoms with Crippen molar-refractivity contribution in [2.75, 3.05) is 13.1 Å². The lowest BCUT2D eigenvalue weighted by atomic mass is 10.0. The fourth-order valence-corrected chi connectivity index (χ4v) is 6.28. The van der Waals surface area contributed by atoms with Crippen LogP contribution in [0.5, 0.6) is 0 Å². The maximum atomic E-state index is 12.8. The molecule has 1 aromatic rings. The Hall–Kier alpha value is -1.12. The summed E-state index contributed by atoms with van der Waals surface area (Å²) in [5.74, 6) is 0.519. The molecule has 0 radical (unpaired) electrons. The smallest absolute Gasteiger partial charge is 0.258 e. The molecule has 1 heterocycles. The zero-order valence-corrected chi connectivity index (χ0v) is 16.0. The van der Waals surface area contributed by atoms with Crippen LogP contribution >= 0.6 is 11.8 Å². The van der Waals surface area contributed by atoms with E-state index in [4.69, 9.17) is 0 Å². The van der Waals surface area contributed by atoms with E-state index in [1.54, 1.807) is 6.07 Å². The van der Waals surface area contributed by atoms with Crippen LogP contribution in [-0.4, -0.2) is 36.0 Å². The van der Waals surface area contributed by atoms with E-state index in [-0.39, 0.29) is 10.6 Å². The lowest BCUT2D eigenvalue weighted by Gasteiger charge is -2.29. The Morgan fingerprint density at radius 2 is 1.80 bits per heavy atom. The van der Waals surface area contributed by atoms with Crippen molar-refractivity contribution in [3.05, 3.63) is 28.3 Å². The van der Waals surface area contributed by atoms with Gasteiger partial charge in [-0.05, 0) is 43.7 Å². The number of hydrogen-bond acceptors (Lipinski definition) is 5. The number of sulfonamides is 1. The first-order chi connectivity index (χ1) is 11.9. The van der Waals surface area contributed by atoms with E-state index >= 15 is 0 Å². The molecule has 0 atom stereocenters. The zero-order valence-electron chi connectivity index (χ0n) is 14.4. The topological polar surface area (TPSA) is 80.5 Å². The van der Waals surface area contributed by atoms with E-state index in [2.05, 4.69) is 6.92 Å². The van der Waals surface area contributed by atoms with Crippen molar-refractivity contribution in [3.8, 4) is 0 Å². The summed E-state index contributed by atoms with van der Waals surface area (Å²) in [6.45, 7) is 3.08. The van der Waals surface area contributed by atoms with Crippen LogP contribution in [0.2, 0.25) is 0 Å². The summed E-state index contributed by atoms with van der Waals surface area (Å²) in [6.07, 6.45) is 6.10. The summed E-state index contributed by atoms with van der Waals surface area (Å²) >= 11 is 1.51. The first kappa shape index (κ1) is 18.7. The van der Waals surface area contributed by atoms with Gasteiger partial charge in [-0.1, -0.05) is 19.8 Å². The van der Waals surface area contributed by atoms with Crippen molar-refractivity contribution in [1.29, 1.82) is 0 Å². The van der Waals surface area contributed by atoms with Crippen LogP contribution in [0.1, 0.15) is 45.4 Å². The van der Waals surface area contributed by atoms with Gasteiger partial charge in [-0.3, -0.25) is 10.1 Å². The molecule has 3 rings (SSSR count). The van der Waals surface area contributed by atoms with Crippen LogP contribution < -0.4 is 0 Å².